The van der Waals surface area contributed by atoms with E-state index in [1.807, 2.05) is 60.7 Å². The number of hydrogen-bond donors (Lipinski definition) is 1. The maximum atomic E-state index is 13.5. The van der Waals surface area contributed by atoms with Gasteiger partial charge < -0.3 is 9.84 Å². The number of likely N-dealkylation sites (tertiary alicyclic amines) is 1. The summed E-state index contributed by atoms with van der Waals surface area (Å²) in [5, 5.41) is 11.7. The molecular weight excluding hydrogens is 408 g/mol. The number of anilines is 1. The number of phenolic OH excluding ortho intramolecular Hbond substituents is 1. The number of rotatable bonds is 5. The van der Waals surface area contributed by atoms with Crippen molar-refractivity contribution in [3.05, 3.63) is 90.0 Å². The molecule has 0 spiro atoms. The van der Waals surface area contributed by atoms with Crippen molar-refractivity contribution >= 4 is 17.5 Å². The van der Waals surface area contributed by atoms with Crippen LogP contribution in [-0.4, -0.2) is 35.0 Å². The number of nitrogens with zero attached hydrogens (tertiary/aromatic N) is 2. The Kier molecular flexibility index (Phi) is 5.03. The number of ether oxygens (including phenoxy) is 1. The summed E-state index contributed by atoms with van der Waals surface area (Å²) in [5.74, 6) is -1.06. The van der Waals surface area contributed by atoms with Crippen LogP contribution in [0.5, 0.6) is 11.5 Å². The summed E-state index contributed by atoms with van der Waals surface area (Å²) in [6.45, 7) is 0.200. The highest BCUT2D eigenvalue weighted by Crippen LogP contribution is 2.48. The highest BCUT2D eigenvalue weighted by Gasteiger charge is 2.59. The predicted octanol–water partition coefficient (Wildman–Crippen LogP) is 3.45. The molecule has 0 radical (unpaired) electrons. The van der Waals surface area contributed by atoms with Crippen molar-refractivity contribution in [3.8, 4) is 11.5 Å². The Hall–Kier alpha value is -3.84. The molecule has 2 aliphatic rings. The third kappa shape index (κ3) is 3.27. The first kappa shape index (κ1) is 20.1. The molecule has 7 nitrogen and oxygen atoms in total. The fourth-order valence-electron chi connectivity index (χ4n) is 4.41. The Morgan fingerprint density at radius 2 is 1.62 bits per heavy atom. The van der Waals surface area contributed by atoms with Gasteiger partial charge in [-0.3, -0.25) is 19.3 Å². The van der Waals surface area contributed by atoms with Crippen molar-refractivity contribution in [1.29, 1.82) is 0 Å². The highest BCUT2D eigenvalue weighted by molar-refractivity contribution is 6.07. The van der Waals surface area contributed by atoms with Crippen LogP contribution in [0.25, 0.3) is 0 Å². The van der Waals surface area contributed by atoms with Crippen LogP contribution in [0.4, 0.5) is 5.69 Å². The second-order valence-corrected chi connectivity index (χ2v) is 7.84. The number of amides is 2. The molecule has 1 N–H and O–H groups in total. The number of para-hydroxylation sites is 1. The molecule has 162 valence electrons. The molecule has 7 heteroatoms. The average Bonchev–Trinajstić information content (AvgIpc) is 3.33. The quantitative estimate of drug-likeness (QED) is 0.625. The second-order valence-electron chi connectivity index (χ2n) is 7.84. The fourth-order valence-corrected chi connectivity index (χ4v) is 4.41. The van der Waals surface area contributed by atoms with Crippen LogP contribution >= 0.6 is 0 Å². The number of hydrogen-bond acceptors (Lipinski definition) is 6. The molecule has 2 heterocycles. The van der Waals surface area contributed by atoms with E-state index in [1.165, 1.54) is 18.1 Å². The second kappa shape index (κ2) is 8.01. The number of benzene rings is 3. The van der Waals surface area contributed by atoms with Gasteiger partial charge in [0.25, 0.3) is 5.91 Å². The van der Waals surface area contributed by atoms with Gasteiger partial charge in [-0.1, -0.05) is 54.6 Å². The number of imide groups is 1. The largest absolute Gasteiger partial charge is 0.504 e. The number of methoxy groups -OCH3 is 1. The summed E-state index contributed by atoms with van der Waals surface area (Å²) < 4.78 is 5.27. The van der Waals surface area contributed by atoms with Gasteiger partial charge >= 0.3 is 0 Å². The van der Waals surface area contributed by atoms with E-state index in [0.29, 0.717) is 5.56 Å². The van der Waals surface area contributed by atoms with Crippen LogP contribution in [0.3, 0.4) is 0 Å². The summed E-state index contributed by atoms with van der Waals surface area (Å²) in [6, 6.07) is 23.1. The highest BCUT2D eigenvalue weighted by atomic mass is 16.7. The molecule has 2 fully saturated rings. The first-order chi connectivity index (χ1) is 15.6. The van der Waals surface area contributed by atoms with Gasteiger partial charge in [0.05, 0.1) is 25.4 Å². The summed E-state index contributed by atoms with van der Waals surface area (Å²) in [7, 11) is 1.47. The monoisotopic (exact) mass is 430 g/mol. The van der Waals surface area contributed by atoms with Crippen molar-refractivity contribution in [2.75, 3.05) is 12.2 Å². The molecule has 2 amide bonds. The third-order valence-electron chi connectivity index (χ3n) is 5.95. The lowest BCUT2D eigenvalue weighted by molar-refractivity contribution is -0.143. The zero-order valence-corrected chi connectivity index (χ0v) is 17.4. The molecule has 0 bridgehead atoms. The van der Waals surface area contributed by atoms with Crippen LogP contribution in [-0.2, 0) is 21.0 Å². The van der Waals surface area contributed by atoms with Crippen molar-refractivity contribution in [2.24, 2.45) is 5.92 Å². The molecule has 0 aliphatic carbocycles. The zero-order valence-electron chi connectivity index (χ0n) is 17.4. The standard InChI is InChI=1S/C25H22N2O5/c1-31-20-14-17(12-13-19(20)28)22-21-23(32-27(22)18-10-6-3-7-11-18)25(30)26(24(21)29)15-16-8-4-2-5-9-16/h2-14,21-23,28H,15H2,1H3/t21-,22+,23+/m0/s1. The van der Waals surface area contributed by atoms with Gasteiger partial charge in [0, 0.05) is 0 Å². The Morgan fingerprint density at radius 1 is 0.938 bits per heavy atom. The Balaban J connectivity index is 1.55. The number of fused-ring (bicyclic) bond motifs is 1. The fraction of sp³-hybridized carbons (Fsp3) is 0.200. The lowest BCUT2D eigenvalue weighted by Crippen LogP contribution is -2.36. The molecule has 3 atom stereocenters. The van der Waals surface area contributed by atoms with Crippen molar-refractivity contribution in [1.82, 2.24) is 4.90 Å². The Labute approximate surface area is 185 Å². The maximum absolute atomic E-state index is 13.5. The van der Waals surface area contributed by atoms with E-state index in [9.17, 15) is 14.7 Å². The normalized spacial score (nSPS) is 22.3. The van der Waals surface area contributed by atoms with E-state index >= 15 is 0 Å². The van der Waals surface area contributed by atoms with Gasteiger partial charge in [-0.2, -0.15) is 0 Å². The Morgan fingerprint density at radius 3 is 2.31 bits per heavy atom. The van der Waals surface area contributed by atoms with E-state index in [4.69, 9.17) is 9.57 Å². The molecule has 0 unspecified atom stereocenters. The number of carbonyl (C=O) groups excluding carboxylic acids is 2. The molecular formula is C25H22N2O5. The van der Waals surface area contributed by atoms with Gasteiger partial charge in [0.15, 0.2) is 17.6 Å². The first-order valence-corrected chi connectivity index (χ1v) is 10.4. The number of phenols is 1. The third-order valence-corrected chi connectivity index (χ3v) is 5.95. The summed E-state index contributed by atoms with van der Waals surface area (Å²) >= 11 is 0. The maximum Gasteiger partial charge on any atom is 0.262 e. The van der Waals surface area contributed by atoms with Crippen molar-refractivity contribution < 1.29 is 24.3 Å². The van der Waals surface area contributed by atoms with Crippen LogP contribution in [0.2, 0.25) is 0 Å². The van der Waals surface area contributed by atoms with Crippen molar-refractivity contribution in [2.45, 2.75) is 18.7 Å². The predicted molar refractivity (Wildman–Crippen MR) is 117 cm³/mol. The smallest absolute Gasteiger partial charge is 0.262 e. The van der Waals surface area contributed by atoms with Crippen LogP contribution < -0.4 is 9.80 Å². The van der Waals surface area contributed by atoms with Gasteiger partial charge in [0.2, 0.25) is 5.91 Å². The minimum absolute atomic E-state index is 0.00231. The topological polar surface area (TPSA) is 79.3 Å². The molecule has 5 rings (SSSR count). The van der Waals surface area contributed by atoms with Gasteiger partial charge in [0.1, 0.15) is 5.92 Å². The lowest BCUT2D eigenvalue weighted by Gasteiger charge is -2.29. The van der Waals surface area contributed by atoms with Gasteiger partial charge in [-0.25, -0.2) is 5.06 Å². The molecule has 32 heavy (non-hydrogen) atoms. The number of aromatic hydroxyl groups is 1. The zero-order chi connectivity index (χ0) is 22.2. The van der Waals surface area contributed by atoms with Crippen LogP contribution in [0.15, 0.2) is 78.9 Å². The van der Waals surface area contributed by atoms with Gasteiger partial charge in [-0.15, -0.1) is 0 Å². The van der Waals surface area contributed by atoms with E-state index in [0.717, 1.165) is 11.3 Å². The van der Waals surface area contributed by atoms with E-state index in [1.54, 1.807) is 17.2 Å². The summed E-state index contributed by atoms with van der Waals surface area (Å²) in [5.41, 5.74) is 2.31. The van der Waals surface area contributed by atoms with E-state index < -0.39 is 18.1 Å². The molecule has 3 aromatic rings. The first-order valence-electron chi connectivity index (χ1n) is 10.4. The van der Waals surface area contributed by atoms with Crippen LogP contribution in [0, 0.1) is 5.92 Å². The SMILES string of the molecule is COc1cc([C@@H]2[C@@H]3C(=O)N(Cc4ccccc4)C(=O)[C@@H]3ON2c2ccccc2)ccc1O. The van der Waals surface area contributed by atoms with E-state index in [-0.39, 0.29) is 29.9 Å². The van der Waals surface area contributed by atoms with Crippen molar-refractivity contribution in [3.63, 3.8) is 0 Å². The molecule has 0 saturated carbocycles. The minimum Gasteiger partial charge on any atom is -0.504 e. The Bertz CT molecular complexity index is 1150. The van der Waals surface area contributed by atoms with Crippen LogP contribution in [0.1, 0.15) is 17.2 Å². The summed E-state index contributed by atoms with van der Waals surface area (Å²) in [6.07, 6.45) is -0.920. The number of hydroxylamine groups is 1. The minimum atomic E-state index is -0.920. The molecule has 2 aliphatic heterocycles. The molecule has 3 aromatic carbocycles. The lowest BCUT2D eigenvalue weighted by atomic mass is 9.90. The number of carbonyl (C=O) groups is 2. The van der Waals surface area contributed by atoms with E-state index in [2.05, 4.69) is 0 Å². The van der Waals surface area contributed by atoms with Gasteiger partial charge in [-0.05, 0) is 35.4 Å². The molecule has 0 aromatic heterocycles. The average molecular weight is 430 g/mol. The summed E-state index contributed by atoms with van der Waals surface area (Å²) in [4.78, 5) is 34.1. The molecule has 2 saturated heterocycles.